The molecule has 2 aromatic heterocycles. The number of rotatable bonds is 14. The second-order valence-electron chi connectivity index (χ2n) is 22.8. The lowest BCUT2D eigenvalue weighted by Gasteiger charge is -2.29. The Balaban J connectivity index is 1.41. The molecule has 5 heterocycles. The normalized spacial score (nSPS) is 26.6. The number of imidazole rings is 1. The lowest BCUT2D eigenvalue weighted by Crippen LogP contribution is -2.60. The molecular formula is C57H80N20O17S2. The average molecular weight is 1380 g/mol. The van der Waals surface area contributed by atoms with Gasteiger partial charge < -0.3 is 106 Å². The predicted octanol–water partition coefficient (Wildman–Crippen LogP) is -7.63. The summed E-state index contributed by atoms with van der Waals surface area (Å²) in [5.74, 6) is -17.2. The number of guanidine groups is 1. The highest BCUT2D eigenvalue weighted by Gasteiger charge is 2.41. The first-order valence-corrected chi connectivity index (χ1v) is 33.0. The fourth-order valence-electron chi connectivity index (χ4n) is 10.2. The smallest absolute Gasteiger partial charge is 0.303 e. The van der Waals surface area contributed by atoms with Gasteiger partial charge in [0.15, 0.2) is 5.96 Å². The van der Waals surface area contributed by atoms with Crippen LogP contribution in [0.2, 0.25) is 0 Å². The first-order valence-electron chi connectivity index (χ1n) is 30.5. The number of nitrogens with one attached hydrogen (secondary N) is 14. The summed E-state index contributed by atoms with van der Waals surface area (Å²) in [6.07, 6.45) is 1.32. The van der Waals surface area contributed by atoms with Crippen LogP contribution in [0.15, 0.2) is 48.0 Å². The molecule has 0 spiro atoms. The molecule has 39 heteroatoms. The number of carbonyl (C=O) groups is 15. The molecule has 3 aromatic rings. The summed E-state index contributed by atoms with van der Waals surface area (Å²) < 4.78 is 0. The summed E-state index contributed by atoms with van der Waals surface area (Å²) in [7, 11) is 1.63. The van der Waals surface area contributed by atoms with E-state index in [9.17, 15) is 82.1 Å². The Bertz CT molecular complexity index is 3400. The maximum Gasteiger partial charge on any atom is 0.303 e. The maximum absolute atomic E-state index is 14.6. The summed E-state index contributed by atoms with van der Waals surface area (Å²) in [6, 6.07) is -12.2. The van der Waals surface area contributed by atoms with E-state index in [0.29, 0.717) is 16.5 Å². The molecule has 0 saturated carbocycles. The molecule has 0 unspecified atom stereocenters. The number of aromatic nitrogens is 3. The van der Waals surface area contributed by atoms with Gasteiger partial charge in [-0.05, 0) is 64.5 Å². The third kappa shape index (κ3) is 22.3. The molecule has 0 radical (unpaired) electrons. The average Bonchev–Trinajstić information content (AvgIpc) is 1.65. The Kier molecular flexibility index (Phi) is 28.1. The number of hydrogen-bond acceptors (Lipinski definition) is 20. The van der Waals surface area contributed by atoms with Gasteiger partial charge in [0, 0.05) is 72.8 Å². The number of para-hydroxylation sites is 1. The van der Waals surface area contributed by atoms with Gasteiger partial charge in [0.05, 0.1) is 25.9 Å². The van der Waals surface area contributed by atoms with Crippen molar-refractivity contribution >= 4 is 127 Å². The van der Waals surface area contributed by atoms with Crippen LogP contribution in [0.1, 0.15) is 77.0 Å². The molecule has 6 rings (SSSR count). The third-order valence-electron chi connectivity index (χ3n) is 15.4. The van der Waals surface area contributed by atoms with Gasteiger partial charge in [0.25, 0.3) is 0 Å². The number of aromatic amines is 2. The number of primary amides is 1. The van der Waals surface area contributed by atoms with Crippen LogP contribution in [-0.2, 0) is 84.8 Å². The van der Waals surface area contributed by atoms with Gasteiger partial charge in [-0.2, -0.15) is 0 Å². The van der Waals surface area contributed by atoms with Crippen LogP contribution in [0, 0.1) is 0 Å². The second-order valence-corrected chi connectivity index (χ2v) is 25.3. The molecule has 2 bridgehead atoms. The highest BCUT2D eigenvalue weighted by Crippen LogP contribution is 2.25. The summed E-state index contributed by atoms with van der Waals surface area (Å²) in [5.41, 5.74) is 18.0. The fourth-order valence-corrected chi connectivity index (χ4v) is 12.6. The van der Waals surface area contributed by atoms with Crippen molar-refractivity contribution in [2.75, 3.05) is 37.7 Å². The lowest BCUT2D eigenvalue weighted by molar-refractivity contribution is -0.142. The van der Waals surface area contributed by atoms with Gasteiger partial charge in [-0.25, -0.2) is 4.98 Å². The van der Waals surface area contributed by atoms with Crippen LogP contribution < -0.4 is 81.0 Å². The van der Waals surface area contributed by atoms with E-state index in [4.69, 9.17) is 17.2 Å². The Morgan fingerprint density at radius 1 is 0.615 bits per heavy atom. The monoisotopic (exact) mass is 1380 g/mol. The summed E-state index contributed by atoms with van der Waals surface area (Å²) in [4.78, 5) is 224. The topological polar surface area (TPSA) is 579 Å². The largest absolute Gasteiger partial charge is 0.481 e. The fraction of sp³-hybridized carbons (Fsp3) is 0.526. The summed E-state index contributed by atoms with van der Waals surface area (Å²) in [5, 5.41) is 50.3. The van der Waals surface area contributed by atoms with Gasteiger partial charge in [0.2, 0.25) is 82.7 Å². The Morgan fingerprint density at radius 2 is 1.17 bits per heavy atom. The SMILES string of the molecule is C[C@@H]1NC(=O)[C@H](C)NC(=O)[C@@H]2CSSC[C@H](NC(=O)CNC(=O)[C@H](CCCN=C(N)N)NC(=O)[C@H](Cc3c[nH]c4ccccc34)NC(=O)[C@H](CO)NC1=O)C(=O)N[C@@H](CCC(=O)O)C(=O)N[C@@H](CC(N)=O)C(=O)N[C@@H](Cc1cnc[nH]1)C(=O)N[C@@H](C)C(=O)N1CCC[C@H]1C(=O)N2. The molecule has 96 heavy (non-hydrogen) atoms. The van der Waals surface area contributed by atoms with Crippen molar-refractivity contribution in [2.24, 2.45) is 22.2 Å². The van der Waals surface area contributed by atoms with E-state index in [-0.39, 0.29) is 63.3 Å². The predicted molar refractivity (Wildman–Crippen MR) is 343 cm³/mol. The molecule has 1 aromatic carbocycles. The zero-order chi connectivity index (χ0) is 70.3. The molecule has 12 atom stereocenters. The number of nitrogens with zero attached hydrogens (tertiary/aromatic N) is 3. The number of benzene rings is 1. The zero-order valence-electron chi connectivity index (χ0n) is 52.5. The van der Waals surface area contributed by atoms with Crippen molar-refractivity contribution < 1.29 is 82.1 Å². The van der Waals surface area contributed by atoms with Crippen LogP contribution >= 0.6 is 21.6 Å². The van der Waals surface area contributed by atoms with Crippen molar-refractivity contribution in [2.45, 2.75) is 151 Å². The molecular weight excluding hydrogens is 1300 g/mol. The second kappa shape index (κ2) is 36.0. The maximum atomic E-state index is 14.6. The minimum atomic E-state index is -1.91. The van der Waals surface area contributed by atoms with Crippen molar-refractivity contribution in [3.8, 4) is 0 Å². The molecule has 14 amide bonds. The van der Waals surface area contributed by atoms with Gasteiger partial charge in [-0.3, -0.25) is 76.9 Å². The van der Waals surface area contributed by atoms with E-state index in [0.717, 1.165) is 26.5 Å². The number of nitrogens with two attached hydrogens (primary N) is 3. The van der Waals surface area contributed by atoms with Crippen molar-refractivity contribution in [1.82, 2.24) is 83.7 Å². The number of aliphatic hydroxyl groups excluding tert-OH is 1. The number of fused-ring (bicyclic) bond motifs is 7. The van der Waals surface area contributed by atoms with Crippen LogP contribution in [0.4, 0.5) is 0 Å². The first kappa shape index (κ1) is 75.0. The molecule has 3 aliphatic heterocycles. The Morgan fingerprint density at radius 3 is 1.82 bits per heavy atom. The van der Waals surface area contributed by atoms with Crippen LogP contribution in [0.25, 0.3) is 10.9 Å². The van der Waals surface area contributed by atoms with Crippen molar-refractivity contribution in [3.63, 3.8) is 0 Å². The van der Waals surface area contributed by atoms with E-state index < -0.39 is 205 Å². The van der Waals surface area contributed by atoms with Crippen molar-refractivity contribution in [3.05, 3.63) is 54.2 Å². The van der Waals surface area contributed by atoms with Gasteiger partial charge >= 0.3 is 5.97 Å². The summed E-state index contributed by atoms with van der Waals surface area (Å²) in [6.45, 7) is 1.73. The van der Waals surface area contributed by atoms with E-state index in [2.05, 4.69) is 83.7 Å². The van der Waals surface area contributed by atoms with Crippen molar-refractivity contribution in [1.29, 1.82) is 0 Å². The molecule has 22 N–H and O–H groups in total. The van der Waals surface area contributed by atoms with Crippen LogP contribution in [0.3, 0.4) is 0 Å². The molecule has 0 aliphatic carbocycles. The highest BCUT2D eigenvalue weighted by molar-refractivity contribution is 8.76. The number of aliphatic carboxylic acids is 1. The van der Waals surface area contributed by atoms with Crippen LogP contribution in [0.5, 0.6) is 0 Å². The molecule has 37 nitrogen and oxygen atoms in total. The Hall–Kier alpha value is -10.0. The molecule has 3 saturated heterocycles. The number of carboxylic acid groups (broad SMARTS) is 1. The van der Waals surface area contributed by atoms with Gasteiger partial charge in [-0.15, -0.1) is 0 Å². The standard InChI is InChI=1S/C57H80N20O17S2/c1-26-45(83)66-27(2)46(84)75-38(22-78)52(90)72-35(16-29-19-63-32-9-5-4-8-31(29)32)50(88)70-33(10-6-14-62-57(59)60)47(85)64-21-43(80)69-39-23-95-96-24-40(53(91)67-26)76-55(93)41-11-7-15-77(41)56(94)28(3)68-49(87)36(17-30-20-61-25-65-30)73-51(89)37(18-42(58)79)74-48(86)34(71-54(39)92)12-13-44(81)82/h4-5,8-9,19-20,25-28,33-41,63,78H,6-7,10-18,21-24H2,1-3H3,(H2,58,79)(H,61,65)(H,64,85)(H,66,83)(H,67,91)(H,68,87)(H,69,80)(H,70,88)(H,71,92)(H,72,90)(H,73,89)(H,74,86)(H,75,84)(H,76,93)(H,81,82)(H4,59,60,62)/t26-,27-,28-,33-,34-,35-,36-,37-,38-,39-,40-,41-/m0/s1. The van der Waals surface area contributed by atoms with Gasteiger partial charge in [0.1, 0.15) is 72.5 Å². The number of amides is 14. The third-order valence-corrected chi connectivity index (χ3v) is 17.8. The number of aliphatic imine (C=N–C) groups is 1. The molecule has 522 valence electrons. The molecule has 3 fully saturated rings. The first-order chi connectivity index (χ1) is 45.6. The van der Waals surface area contributed by atoms with Gasteiger partial charge in [-0.1, -0.05) is 39.8 Å². The quantitative estimate of drug-likeness (QED) is 0.0308. The minimum absolute atomic E-state index is 0.00936. The number of carbonyl (C=O) groups excluding carboxylic acids is 14. The Labute approximate surface area is 556 Å². The number of hydrogen-bond donors (Lipinski definition) is 19. The lowest BCUT2D eigenvalue weighted by atomic mass is 10.0. The number of H-pyrrole nitrogens is 2. The molecule has 3 aliphatic rings. The zero-order valence-corrected chi connectivity index (χ0v) is 54.1. The summed E-state index contributed by atoms with van der Waals surface area (Å²) >= 11 is 0. The number of carboxylic acids is 1. The van der Waals surface area contributed by atoms with E-state index in [1.165, 1.54) is 33.3 Å². The van der Waals surface area contributed by atoms with Crippen LogP contribution in [-0.4, -0.2) is 235 Å². The van der Waals surface area contributed by atoms with E-state index in [1.807, 2.05) is 0 Å². The minimum Gasteiger partial charge on any atom is -0.481 e. The van der Waals surface area contributed by atoms with E-state index >= 15 is 0 Å². The highest BCUT2D eigenvalue weighted by atomic mass is 33.1. The number of aliphatic hydroxyl groups is 1. The van der Waals surface area contributed by atoms with E-state index in [1.54, 1.807) is 30.5 Å².